The molecule has 1 N–H and O–H groups in total. The first-order valence-electron chi connectivity index (χ1n) is 7.62. The fourth-order valence-electron chi connectivity index (χ4n) is 3.22. The van der Waals surface area contributed by atoms with Gasteiger partial charge < -0.3 is 9.72 Å². The van der Waals surface area contributed by atoms with Gasteiger partial charge in [-0.2, -0.15) is 4.98 Å². The van der Waals surface area contributed by atoms with Crippen LogP contribution < -0.4 is 10.4 Å². The summed E-state index contributed by atoms with van der Waals surface area (Å²) in [6, 6.07) is 15.9. The number of benzene rings is 2. The first-order chi connectivity index (χ1) is 11.3. The van der Waals surface area contributed by atoms with E-state index in [4.69, 9.17) is 4.74 Å². The molecule has 1 aliphatic carbocycles. The maximum absolute atomic E-state index is 12.1. The van der Waals surface area contributed by atoms with Crippen LogP contribution in [0.5, 0.6) is 5.75 Å². The topological polar surface area (TPSA) is 55.0 Å². The Morgan fingerprint density at radius 1 is 1.09 bits per heavy atom. The van der Waals surface area contributed by atoms with Crippen LogP contribution in [0.2, 0.25) is 0 Å². The lowest BCUT2D eigenvalue weighted by Crippen LogP contribution is -2.18. The van der Waals surface area contributed by atoms with Crippen molar-refractivity contribution in [3.8, 4) is 28.3 Å². The van der Waals surface area contributed by atoms with E-state index in [2.05, 4.69) is 22.1 Å². The molecule has 0 amide bonds. The van der Waals surface area contributed by atoms with Crippen molar-refractivity contribution < 1.29 is 4.74 Å². The minimum atomic E-state index is -0.321. The van der Waals surface area contributed by atoms with Crippen LogP contribution in [0, 0.1) is 0 Å². The molecule has 0 unspecified atom stereocenters. The van der Waals surface area contributed by atoms with E-state index in [0.29, 0.717) is 0 Å². The lowest BCUT2D eigenvalue weighted by atomic mass is 9.87. The number of aromatic amines is 1. The summed E-state index contributed by atoms with van der Waals surface area (Å²) in [6.07, 6.45) is 1.82. The van der Waals surface area contributed by atoms with Gasteiger partial charge in [-0.15, -0.1) is 0 Å². The summed E-state index contributed by atoms with van der Waals surface area (Å²) in [5.74, 6) is 0.759. The Morgan fingerprint density at radius 3 is 2.83 bits per heavy atom. The zero-order valence-electron chi connectivity index (χ0n) is 12.8. The molecule has 2 aromatic carbocycles. The first-order valence-corrected chi connectivity index (χ1v) is 7.62. The van der Waals surface area contributed by atoms with E-state index >= 15 is 0 Å². The van der Waals surface area contributed by atoms with Gasteiger partial charge in [-0.3, -0.25) is 0 Å². The number of nitrogens with zero attached hydrogens (tertiary/aromatic N) is 1. The second kappa shape index (κ2) is 5.39. The molecule has 0 bridgehead atoms. The molecule has 0 spiro atoms. The summed E-state index contributed by atoms with van der Waals surface area (Å²) < 4.78 is 5.29. The third kappa shape index (κ3) is 2.32. The van der Waals surface area contributed by atoms with Gasteiger partial charge in [0.1, 0.15) is 5.75 Å². The highest BCUT2D eigenvalue weighted by molar-refractivity contribution is 5.77. The average molecular weight is 304 g/mol. The molecule has 1 aliphatic rings. The average Bonchev–Trinajstić information content (AvgIpc) is 2.61. The monoisotopic (exact) mass is 304 g/mol. The summed E-state index contributed by atoms with van der Waals surface area (Å²) in [5, 5.41) is 0. The number of hydrogen-bond acceptors (Lipinski definition) is 3. The molecule has 0 fully saturated rings. The highest BCUT2D eigenvalue weighted by Crippen LogP contribution is 2.36. The van der Waals surface area contributed by atoms with Crippen LogP contribution in [-0.2, 0) is 12.8 Å². The summed E-state index contributed by atoms with van der Waals surface area (Å²) >= 11 is 0. The molecule has 23 heavy (non-hydrogen) atoms. The largest absolute Gasteiger partial charge is 0.497 e. The molecule has 4 rings (SSSR count). The fraction of sp³-hybridized carbons (Fsp3) is 0.158. The van der Waals surface area contributed by atoms with Crippen molar-refractivity contribution in [2.24, 2.45) is 0 Å². The normalized spacial score (nSPS) is 12.4. The molecule has 4 heteroatoms. The summed E-state index contributed by atoms with van der Waals surface area (Å²) in [6.45, 7) is 0. The zero-order valence-corrected chi connectivity index (χ0v) is 12.8. The number of fused-ring (bicyclic) bond motifs is 3. The van der Waals surface area contributed by atoms with Gasteiger partial charge in [0.2, 0.25) is 0 Å². The standard InChI is InChI=1S/C19H16N2O2/c1-23-14-7-4-6-13(11-14)17-16-10-9-12-5-2-3-8-15(12)18(16)21-19(22)20-17/h2-8,11H,9-10H2,1H3,(H,20,21,22). The summed E-state index contributed by atoms with van der Waals surface area (Å²) in [5.41, 5.74) is 5.68. The Morgan fingerprint density at radius 2 is 1.96 bits per heavy atom. The molecule has 0 saturated carbocycles. The summed E-state index contributed by atoms with van der Waals surface area (Å²) in [4.78, 5) is 19.3. The second-order valence-corrected chi connectivity index (χ2v) is 5.63. The molecule has 114 valence electrons. The van der Waals surface area contributed by atoms with Crippen LogP contribution in [0.25, 0.3) is 22.5 Å². The third-order valence-electron chi connectivity index (χ3n) is 4.31. The van der Waals surface area contributed by atoms with E-state index in [1.54, 1.807) is 7.11 Å². The summed E-state index contributed by atoms with van der Waals surface area (Å²) in [7, 11) is 1.63. The van der Waals surface area contributed by atoms with Crippen LogP contribution in [0.4, 0.5) is 0 Å². The molecule has 4 nitrogen and oxygen atoms in total. The predicted molar refractivity (Wildman–Crippen MR) is 89.7 cm³/mol. The zero-order chi connectivity index (χ0) is 15.8. The van der Waals surface area contributed by atoms with E-state index in [0.717, 1.165) is 46.7 Å². The molecule has 0 saturated heterocycles. The molecule has 0 aliphatic heterocycles. The Kier molecular flexibility index (Phi) is 3.23. The second-order valence-electron chi connectivity index (χ2n) is 5.63. The van der Waals surface area contributed by atoms with Crippen LogP contribution in [0.1, 0.15) is 11.1 Å². The van der Waals surface area contributed by atoms with E-state index in [9.17, 15) is 4.79 Å². The van der Waals surface area contributed by atoms with Crippen LogP contribution in [0.15, 0.2) is 53.3 Å². The van der Waals surface area contributed by atoms with Gasteiger partial charge in [0.25, 0.3) is 0 Å². The van der Waals surface area contributed by atoms with Gasteiger partial charge in [0.15, 0.2) is 0 Å². The van der Waals surface area contributed by atoms with Gasteiger partial charge in [-0.05, 0) is 30.5 Å². The van der Waals surface area contributed by atoms with Crippen LogP contribution in [-0.4, -0.2) is 17.1 Å². The van der Waals surface area contributed by atoms with Gasteiger partial charge in [-0.1, -0.05) is 36.4 Å². The fourth-order valence-corrected chi connectivity index (χ4v) is 3.22. The van der Waals surface area contributed by atoms with Gasteiger partial charge in [-0.25, -0.2) is 4.79 Å². The Bertz CT molecular complexity index is 944. The number of methoxy groups -OCH3 is 1. The number of aryl methyl sites for hydroxylation is 1. The van der Waals surface area contributed by atoms with Crippen molar-refractivity contribution in [1.82, 2.24) is 9.97 Å². The smallest absolute Gasteiger partial charge is 0.345 e. The molecule has 3 aromatic rings. The minimum Gasteiger partial charge on any atom is -0.497 e. The van der Waals surface area contributed by atoms with E-state index < -0.39 is 0 Å². The maximum atomic E-state index is 12.1. The van der Waals surface area contributed by atoms with E-state index in [1.807, 2.05) is 36.4 Å². The van der Waals surface area contributed by atoms with Crippen molar-refractivity contribution in [2.45, 2.75) is 12.8 Å². The predicted octanol–water partition coefficient (Wildman–Crippen LogP) is 3.21. The highest BCUT2D eigenvalue weighted by Gasteiger charge is 2.21. The number of nitrogens with one attached hydrogen (secondary N) is 1. The lowest BCUT2D eigenvalue weighted by Gasteiger charge is -2.21. The number of ether oxygens (including phenoxy) is 1. The van der Waals surface area contributed by atoms with Gasteiger partial charge >= 0.3 is 5.69 Å². The van der Waals surface area contributed by atoms with Crippen LogP contribution in [0.3, 0.4) is 0 Å². The first kappa shape index (κ1) is 13.8. The van der Waals surface area contributed by atoms with Gasteiger partial charge in [0, 0.05) is 16.7 Å². The molecule has 1 aromatic heterocycles. The van der Waals surface area contributed by atoms with Crippen molar-refractivity contribution in [2.75, 3.05) is 7.11 Å². The molecular weight excluding hydrogens is 288 g/mol. The van der Waals surface area contributed by atoms with E-state index in [1.165, 1.54) is 5.56 Å². The van der Waals surface area contributed by atoms with Crippen molar-refractivity contribution in [3.05, 3.63) is 70.1 Å². The number of hydrogen-bond donors (Lipinski definition) is 1. The molecule has 0 atom stereocenters. The Balaban J connectivity index is 1.97. The van der Waals surface area contributed by atoms with Crippen molar-refractivity contribution >= 4 is 0 Å². The quantitative estimate of drug-likeness (QED) is 0.791. The number of rotatable bonds is 2. The highest BCUT2D eigenvalue weighted by atomic mass is 16.5. The Labute approximate surface area is 133 Å². The minimum absolute atomic E-state index is 0.321. The molecule has 0 radical (unpaired) electrons. The number of aromatic nitrogens is 2. The third-order valence-corrected chi connectivity index (χ3v) is 4.31. The van der Waals surface area contributed by atoms with Crippen LogP contribution >= 0.6 is 0 Å². The van der Waals surface area contributed by atoms with E-state index in [-0.39, 0.29) is 5.69 Å². The SMILES string of the molecule is COc1cccc(-c2nc(=O)[nH]c3c2CCc2ccccc2-3)c1. The van der Waals surface area contributed by atoms with Crippen molar-refractivity contribution in [1.29, 1.82) is 0 Å². The Hall–Kier alpha value is -2.88. The lowest BCUT2D eigenvalue weighted by molar-refractivity contribution is 0.415. The maximum Gasteiger partial charge on any atom is 0.345 e. The molecular formula is C19H16N2O2. The number of H-pyrrole nitrogens is 1. The molecule has 1 heterocycles. The van der Waals surface area contributed by atoms with Crippen molar-refractivity contribution in [3.63, 3.8) is 0 Å². The van der Waals surface area contributed by atoms with Gasteiger partial charge in [0.05, 0.1) is 18.5 Å².